The van der Waals surface area contributed by atoms with Crippen LogP contribution >= 0.6 is 0 Å². The van der Waals surface area contributed by atoms with Gasteiger partial charge < -0.3 is 15.3 Å². The molecule has 1 unspecified atom stereocenters. The maximum absolute atomic E-state index is 13.1. The van der Waals surface area contributed by atoms with Crippen molar-refractivity contribution in [3.8, 4) is 6.07 Å². The number of aromatic nitrogens is 1. The Morgan fingerprint density at radius 3 is 2.50 bits per heavy atom. The molecule has 0 radical (unpaired) electrons. The lowest BCUT2D eigenvalue weighted by molar-refractivity contribution is -0.147. The minimum Gasteiger partial charge on any atom is -0.481 e. The number of carbonyl (C=O) groups is 1. The van der Waals surface area contributed by atoms with Crippen LogP contribution < -0.4 is 10.2 Å². The van der Waals surface area contributed by atoms with E-state index in [-0.39, 0.29) is 18.4 Å². The van der Waals surface area contributed by atoms with Crippen molar-refractivity contribution in [2.45, 2.75) is 37.4 Å². The summed E-state index contributed by atoms with van der Waals surface area (Å²) in [5, 5.41) is 23.2. The molecule has 9 heteroatoms. The SMILES string of the molecule is N#Cc1cc(C(F)(F)F)ccc1N1CCC(C(=O)O)(C2=CNC(c3cccnc3)(C3CC3)C=C2)CC1. The Bertz CT molecular complexity index is 1270. The molecule has 2 fully saturated rings. The number of alkyl halides is 3. The fourth-order valence-corrected chi connectivity index (χ4v) is 5.46. The predicted molar refractivity (Wildman–Crippen MR) is 127 cm³/mol. The first-order chi connectivity index (χ1) is 17.2. The van der Waals surface area contributed by atoms with Crippen LogP contribution in [0.1, 0.15) is 42.4 Å². The number of hydrogen-bond acceptors (Lipinski definition) is 5. The first-order valence-corrected chi connectivity index (χ1v) is 11.9. The van der Waals surface area contributed by atoms with Gasteiger partial charge in [-0.05, 0) is 67.0 Å². The van der Waals surface area contributed by atoms with Crippen LogP contribution in [0.2, 0.25) is 0 Å². The van der Waals surface area contributed by atoms with Crippen LogP contribution in [0.25, 0.3) is 0 Å². The van der Waals surface area contributed by atoms with Crippen molar-refractivity contribution in [3.05, 3.63) is 83.3 Å². The van der Waals surface area contributed by atoms with E-state index in [1.54, 1.807) is 11.1 Å². The Kier molecular flexibility index (Phi) is 5.78. The predicted octanol–water partition coefficient (Wildman–Crippen LogP) is 4.99. The number of hydrogen-bond donors (Lipinski definition) is 2. The quantitative estimate of drug-likeness (QED) is 0.609. The summed E-state index contributed by atoms with van der Waals surface area (Å²) < 4.78 is 39.2. The molecule has 5 rings (SSSR count). The molecule has 2 aliphatic heterocycles. The lowest BCUT2D eigenvalue weighted by atomic mass is 9.70. The summed E-state index contributed by atoms with van der Waals surface area (Å²) in [4.78, 5) is 18.6. The molecule has 0 spiro atoms. The van der Waals surface area contributed by atoms with Crippen LogP contribution in [0.5, 0.6) is 0 Å². The maximum Gasteiger partial charge on any atom is 0.416 e. The standard InChI is InChI=1S/C27H25F3N4O2/c28-27(29,30)20-5-6-23(18(14-20)15-31)34-12-9-25(10-13-34,24(35)36)21-7-8-26(33-17-21,19-3-4-19)22-2-1-11-32-16-22/h1-2,5-8,11,14,16-17,19,33H,3-4,9-10,12-13H2,(H,35,36). The molecule has 3 aliphatic rings. The third-order valence-corrected chi connectivity index (χ3v) is 7.72. The van der Waals surface area contributed by atoms with Gasteiger partial charge in [0.25, 0.3) is 0 Å². The van der Waals surface area contributed by atoms with Crippen LogP contribution in [-0.2, 0) is 16.5 Å². The van der Waals surface area contributed by atoms with E-state index in [0.717, 1.165) is 30.5 Å². The first-order valence-electron chi connectivity index (χ1n) is 11.9. The van der Waals surface area contributed by atoms with Crippen molar-refractivity contribution in [3.63, 3.8) is 0 Å². The molecular formula is C27H25F3N4O2. The Balaban J connectivity index is 1.38. The average molecular weight is 495 g/mol. The summed E-state index contributed by atoms with van der Waals surface area (Å²) in [5.74, 6) is -0.532. The summed E-state index contributed by atoms with van der Waals surface area (Å²) in [7, 11) is 0. The second kappa shape index (κ2) is 8.70. The van der Waals surface area contributed by atoms with Crippen molar-refractivity contribution >= 4 is 11.7 Å². The molecule has 2 aromatic rings. The minimum absolute atomic E-state index is 0.0724. The number of halogens is 3. The summed E-state index contributed by atoms with van der Waals surface area (Å²) in [6, 6.07) is 8.87. The zero-order valence-corrected chi connectivity index (χ0v) is 19.4. The van der Waals surface area contributed by atoms with E-state index < -0.39 is 28.7 Å². The number of allylic oxidation sites excluding steroid dienone is 1. The van der Waals surface area contributed by atoms with E-state index in [4.69, 9.17) is 0 Å². The lowest BCUT2D eigenvalue weighted by Crippen LogP contribution is -2.48. The third-order valence-electron chi connectivity index (χ3n) is 7.72. The number of benzene rings is 1. The summed E-state index contributed by atoms with van der Waals surface area (Å²) >= 11 is 0. The van der Waals surface area contributed by atoms with Crippen molar-refractivity contribution in [1.29, 1.82) is 5.26 Å². The molecule has 1 aliphatic carbocycles. The maximum atomic E-state index is 13.1. The molecule has 36 heavy (non-hydrogen) atoms. The summed E-state index contributed by atoms with van der Waals surface area (Å²) in [6.45, 7) is 0.599. The lowest BCUT2D eigenvalue weighted by Gasteiger charge is -2.43. The molecular weight excluding hydrogens is 469 g/mol. The molecule has 1 aromatic carbocycles. The van der Waals surface area contributed by atoms with E-state index in [1.807, 2.05) is 36.7 Å². The van der Waals surface area contributed by atoms with Gasteiger partial charge in [0.2, 0.25) is 0 Å². The topological polar surface area (TPSA) is 89.2 Å². The highest BCUT2D eigenvalue weighted by Crippen LogP contribution is 2.50. The molecule has 1 atom stereocenters. The highest BCUT2D eigenvalue weighted by molar-refractivity contribution is 5.80. The highest BCUT2D eigenvalue weighted by atomic mass is 19.4. The van der Waals surface area contributed by atoms with Gasteiger partial charge in [-0.3, -0.25) is 9.78 Å². The Morgan fingerprint density at radius 2 is 1.97 bits per heavy atom. The number of rotatable bonds is 5. The van der Waals surface area contributed by atoms with Gasteiger partial charge in [-0.25, -0.2) is 0 Å². The van der Waals surface area contributed by atoms with E-state index in [0.29, 0.717) is 30.3 Å². The number of nitrogens with one attached hydrogen (secondary N) is 1. The number of nitrogens with zero attached hydrogens (tertiary/aromatic N) is 3. The number of piperidine rings is 1. The largest absolute Gasteiger partial charge is 0.481 e. The Labute approximate surface area is 206 Å². The zero-order valence-electron chi connectivity index (χ0n) is 19.4. The van der Waals surface area contributed by atoms with Gasteiger partial charge in [0.05, 0.1) is 27.8 Å². The Hall–Kier alpha value is -3.80. The van der Waals surface area contributed by atoms with Gasteiger partial charge in [-0.15, -0.1) is 0 Å². The molecule has 0 bridgehead atoms. The zero-order chi connectivity index (χ0) is 25.6. The van der Waals surface area contributed by atoms with Crippen molar-refractivity contribution in [2.24, 2.45) is 11.3 Å². The average Bonchev–Trinajstić information content (AvgIpc) is 3.74. The second-order valence-electron chi connectivity index (χ2n) is 9.68. The van der Waals surface area contributed by atoms with E-state index in [2.05, 4.69) is 16.4 Å². The third kappa shape index (κ3) is 4.00. The van der Waals surface area contributed by atoms with Crippen LogP contribution in [0, 0.1) is 22.7 Å². The summed E-state index contributed by atoms with van der Waals surface area (Å²) in [5.41, 5.74) is -0.413. The van der Waals surface area contributed by atoms with Gasteiger partial charge in [0.1, 0.15) is 6.07 Å². The van der Waals surface area contributed by atoms with Crippen LogP contribution in [0.3, 0.4) is 0 Å². The second-order valence-corrected chi connectivity index (χ2v) is 9.68. The molecule has 1 aromatic heterocycles. The van der Waals surface area contributed by atoms with Gasteiger partial charge in [0, 0.05) is 31.7 Å². The normalized spacial score (nSPS) is 23.4. The van der Waals surface area contributed by atoms with E-state index in [1.165, 1.54) is 6.07 Å². The van der Waals surface area contributed by atoms with Gasteiger partial charge >= 0.3 is 12.1 Å². The molecule has 0 amide bonds. The van der Waals surface area contributed by atoms with E-state index in [9.17, 15) is 28.3 Å². The molecule has 3 heterocycles. The van der Waals surface area contributed by atoms with Crippen molar-refractivity contribution in [1.82, 2.24) is 10.3 Å². The van der Waals surface area contributed by atoms with E-state index >= 15 is 0 Å². The van der Waals surface area contributed by atoms with Gasteiger partial charge in [-0.2, -0.15) is 18.4 Å². The molecule has 1 saturated carbocycles. The fourth-order valence-electron chi connectivity index (χ4n) is 5.46. The highest BCUT2D eigenvalue weighted by Gasteiger charge is 2.49. The number of carboxylic acids is 1. The minimum atomic E-state index is -4.54. The number of carboxylic acid groups (broad SMARTS) is 1. The molecule has 6 nitrogen and oxygen atoms in total. The Morgan fingerprint density at radius 1 is 1.22 bits per heavy atom. The monoisotopic (exact) mass is 494 g/mol. The number of dihydropyridines is 1. The molecule has 2 N–H and O–H groups in total. The van der Waals surface area contributed by atoms with Crippen LogP contribution in [0.4, 0.5) is 18.9 Å². The van der Waals surface area contributed by atoms with Gasteiger partial charge in [-0.1, -0.05) is 18.2 Å². The van der Waals surface area contributed by atoms with Crippen LogP contribution in [0.15, 0.2) is 66.7 Å². The first kappa shape index (κ1) is 23.9. The number of anilines is 1. The number of aliphatic carboxylic acids is 1. The summed E-state index contributed by atoms with van der Waals surface area (Å²) in [6.07, 6.45) is 7.45. The number of pyridine rings is 1. The van der Waals surface area contributed by atoms with Crippen molar-refractivity contribution in [2.75, 3.05) is 18.0 Å². The van der Waals surface area contributed by atoms with Crippen molar-refractivity contribution < 1.29 is 23.1 Å². The number of nitriles is 1. The molecule has 186 valence electrons. The fraction of sp³-hybridized carbons (Fsp3) is 0.370. The van der Waals surface area contributed by atoms with Gasteiger partial charge in [0.15, 0.2) is 0 Å². The smallest absolute Gasteiger partial charge is 0.416 e. The van der Waals surface area contributed by atoms with Crippen LogP contribution in [-0.4, -0.2) is 29.1 Å². The molecule has 1 saturated heterocycles.